The summed E-state index contributed by atoms with van der Waals surface area (Å²) in [5.74, 6) is -1.20. The number of benzene rings is 2. The number of nitrogens with one attached hydrogen (secondary N) is 1. The summed E-state index contributed by atoms with van der Waals surface area (Å²) in [6.45, 7) is 11.5. The van der Waals surface area contributed by atoms with E-state index in [2.05, 4.69) is 15.3 Å². The monoisotopic (exact) mass is 480 g/mol. The number of amides is 3. The Morgan fingerprint density at radius 1 is 1.26 bits per heavy atom. The number of halogens is 2. The molecule has 8 nitrogen and oxygen atoms in total. The second-order valence-corrected chi connectivity index (χ2v) is 8.80. The predicted molar refractivity (Wildman–Crippen MR) is 127 cm³/mol. The zero-order chi connectivity index (χ0) is 24.6. The molecule has 0 saturated carbocycles. The van der Waals surface area contributed by atoms with Gasteiger partial charge in [0.05, 0.1) is 35.4 Å². The molecule has 2 aromatic carbocycles. The Morgan fingerprint density at radius 2 is 1.97 bits per heavy atom. The Labute approximate surface area is 200 Å². The average molecular weight is 481 g/mol. The summed E-state index contributed by atoms with van der Waals surface area (Å²) in [4.78, 5) is 30.5. The van der Waals surface area contributed by atoms with Crippen molar-refractivity contribution < 1.29 is 14.0 Å². The van der Waals surface area contributed by atoms with Crippen molar-refractivity contribution in [1.29, 1.82) is 0 Å². The second-order valence-electron chi connectivity index (χ2n) is 8.39. The van der Waals surface area contributed by atoms with E-state index in [4.69, 9.17) is 23.9 Å². The van der Waals surface area contributed by atoms with E-state index < -0.39 is 11.7 Å². The van der Waals surface area contributed by atoms with E-state index in [9.17, 15) is 14.0 Å². The number of hydrogen-bond acceptors (Lipinski definition) is 3. The van der Waals surface area contributed by atoms with Crippen LogP contribution in [0.2, 0.25) is 5.02 Å². The molecule has 4 rings (SSSR count). The van der Waals surface area contributed by atoms with Gasteiger partial charge in [0, 0.05) is 17.8 Å². The van der Waals surface area contributed by atoms with E-state index in [1.165, 1.54) is 18.2 Å². The Balaban J connectivity index is 1.72. The van der Waals surface area contributed by atoms with Crippen LogP contribution in [0.15, 0.2) is 42.5 Å². The number of nitrogens with two attached hydrogens (primary N) is 1. The van der Waals surface area contributed by atoms with Crippen molar-refractivity contribution in [1.82, 2.24) is 14.7 Å². The van der Waals surface area contributed by atoms with Crippen molar-refractivity contribution in [3.8, 4) is 11.3 Å². The van der Waals surface area contributed by atoms with E-state index in [0.717, 1.165) is 0 Å². The van der Waals surface area contributed by atoms with Crippen molar-refractivity contribution in [3.63, 3.8) is 0 Å². The van der Waals surface area contributed by atoms with Crippen molar-refractivity contribution in [2.45, 2.75) is 26.4 Å². The molecule has 1 aliphatic heterocycles. The van der Waals surface area contributed by atoms with Gasteiger partial charge in [0.15, 0.2) is 5.69 Å². The number of primary amides is 1. The Kier molecular flexibility index (Phi) is 6.26. The Bertz CT molecular complexity index is 1310. The van der Waals surface area contributed by atoms with Crippen molar-refractivity contribution in [2.24, 2.45) is 11.7 Å². The largest absolute Gasteiger partial charge is 0.365 e. The van der Waals surface area contributed by atoms with Gasteiger partial charge >= 0.3 is 6.03 Å². The minimum atomic E-state index is -0.698. The van der Waals surface area contributed by atoms with Crippen LogP contribution in [0, 0.1) is 18.3 Å². The molecular weight excluding hydrogens is 459 g/mol. The summed E-state index contributed by atoms with van der Waals surface area (Å²) in [5.41, 5.74) is 8.20. The first-order chi connectivity index (χ1) is 16.2. The number of carbonyl (C=O) groups excluding carboxylic acids is 2. The maximum absolute atomic E-state index is 13.7. The molecule has 0 radical (unpaired) electrons. The number of fused-ring (bicyclic) bond motifs is 1. The van der Waals surface area contributed by atoms with Crippen molar-refractivity contribution in [2.75, 3.05) is 11.9 Å². The highest BCUT2D eigenvalue weighted by Gasteiger charge is 2.36. The third kappa shape index (κ3) is 4.32. The molecule has 3 N–H and O–H groups in total. The van der Waals surface area contributed by atoms with Crippen molar-refractivity contribution in [3.05, 3.63) is 76.0 Å². The quantitative estimate of drug-likeness (QED) is 0.500. The summed E-state index contributed by atoms with van der Waals surface area (Å²) >= 11 is 5.96. The van der Waals surface area contributed by atoms with Crippen molar-refractivity contribution >= 4 is 34.9 Å². The first-order valence-electron chi connectivity index (χ1n) is 10.6. The highest BCUT2D eigenvalue weighted by atomic mass is 35.5. The van der Waals surface area contributed by atoms with Crippen LogP contribution in [0.3, 0.4) is 0 Å². The molecule has 34 heavy (non-hydrogen) atoms. The molecule has 3 amide bonds. The fourth-order valence-corrected chi connectivity index (χ4v) is 4.20. The lowest BCUT2D eigenvalue weighted by Gasteiger charge is -2.36. The first-order valence-corrected chi connectivity index (χ1v) is 11.0. The third-order valence-electron chi connectivity index (χ3n) is 5.82. The topological polar surface area (TPSA) is 97.6 Å². The van der Waals surface area contributed by atoms with Gasteiger partial charge < -0.3 is 16.0 Å². The minimum Gasteiger partial charge on any atom is -0.365 e. The number of nitrogens with zero attached hydrogens (tertiary/aromatic N) is 4. The van der Waals surface area contributed by atoms with Crippen LogP contribution >= 0.6 is 11.6 Å². The van der Waals surface area contributed by atoms with Crippen LogP contribution in [-0.2, 0) is 6.54 Å². The maximum atomic E-state index is 13.7. The van der Waals surface area contributed by atoms with E-state index >= 15 is 0 Å². The lowest BCUT2D eigenvalue weighted by molar-refractivity contribution is 0.0995. The number of aromatic nitrogens is 2. The van der Waals surface area contributed by atoms with Crippen LogP contribution in [0.4, 0.5) is 20.6 Å². The number of urea groups is 1. The standard InChI is InChI=1S/C24H22ClFN6O2/c1-13(2)19-11-31(24(34)29-16-7-5-15(28-3)6-8-16)12-20-21(23(27)33)22(30-32(19)20)14-4-9-18(26)17(25)10-14/h4-10,13,19H,11-12H2,1-2H3,(H2,27,33)(H,29,34). The second kappa shape index (κ2) is 9.15. The van der Waals surface area contributed by atoms with Gasteiger partial charge in [-0.05, 0) is 36.2 Å². The third-order valence-corrected chi connectivity index (χ3v) is 6.11. The fourth-order valence-electron chi connectivity index (χ4n) is 4.02. The number of anilines is 1. The highest BCUT2D eigenvalue weighted by Crippen LogP contribution is 2.35. The zero-order valence-corrected chi connectivity index (χ0v) is 19.3. The lowest BCUT2D eigenvalue weighted by Crippen LogP contribution is -2.45. The molecule has 1 aromatic heterocycles. The normalized spacial score (nSPS) is 15.1. The van der Waals surface area contributed by atoms with E-state index in [1.807, 2.05) is 13.8 Å². The highest BCUT2D eigenvalue weighted by molar-refractivity contribution is 6.31. The van der Waals surface area contributed by atoms with Gasteiger partial charge in [0.1, 0.15) is 11.5 Å². The molecule has 1 unspecified atom stereocenters. The summed E-state index contributed by atoms with van der Waals surface area (Å²) in [5, 5.41) is 7.40. The van der Waals surface area contributed by atoms with Crippen LogP contribution in [0.25, 0.3) is 16.1 Å². The molecule has 2 heterocycles. The fraction of sp³-hybridized carbons (Fsp3) is 0.250. The summed E-state index contributed by atoms with van der Waals surface area (Å²) in [6.07, 6.45) is 0. The van der Waals surface area contributed by atoms with Crippen LogP contribution in [0.1, 0.15) is 35.9 Å². The molecule has 10 heteroatoms. The molecule has 0 saturated heterocycles. The molecule has 0 aliphatic carbocycles. The predicted octanol–water partition coefficient (Wildman–Crippen LogP) is 5.24. The van der Waals surface area contributed by atoms with Gasteiger partial charge in [-0.3, -0.25) is 9.48 Å². The van der Waals surface area contributed by atoms with E-state index in [-0.39, 0.29) is 35.1 Å². The van der Waals surface area contributed by atoms with Crippen LogP contribution < -0.4 is 11.1 Å². The molecule has 0 fully saturated rings. The maximum Gasteiger partial charge on any atom is 0.322 e. The van der Waals surface area contributed by atoms with Gasteiger partial charge in [-0.2, -0.15) is 5.10 Å². The van der Waals surface area contributed by atoms with Gasteiger partial charge in [-0.15, -0.1) is 0 Å². The molecule has 3 aromatic rings. The Morgan fingerprint density at radius 3 is 2.56 bits per heavy atom. The Hall–Kier alpha value is -3.90. The van der Waals surface area contributed by atoms with E-state index in [1.54, 1.807) is 33.8 Å². The minimum absolute atomic E-state index is 0.0811. The summed E-state index contributed by atoms with van der Waals surface area (Å²) in [6, 6.07) is 10.1. The molecule has 1 aliphatic rings. The SMILES string of the molecule is [C-]#[N+]c1ccc(NC(=O)N2Cc3c(C(N)=O)c(-c4ccc(F)c(Cl)c4)nn3C(C(C)C)C2)cc1. The first kappa shape index (κ1) is 23.3. The number of rotatable bonds is 4. The van der Waals surface area contributed by atoms with E-state index in [0.29, 0.717) is 34.9 Å². The summed E-state index contributed by atoms with van der Waals surface area (Å²) in [7, 11) is 0. The molecule has 0 spiro atoms. The van der Waals surface area contributed by atoms with Gasteiger partial charge in [-0.1, -0.05) is 37.6 Å². The van der Waals surface area contributed by atoms with Crippen LogP contribution in [-0.4, -0.2) is 33.2 Å². The summed E-state index contributed by atoms with van der Waals surface area (Å²) < 4.78 is 15.5. The number of carbonyl (C=O) groups is 2. The van der Waals surface area contributed by atoms with Gasteiger partial charge in [0.2, 0.25) is 0 Å². The molecule has 174 valence electrons. The lowest BCUT2D eigenvalue weighted by atomic mass is 9.99. The molecule has 0 bridgehead atoms. The number of hydrogen-bond donors (Lipinski definition) is 2. The zero-order valence-electron chi connectivity index (χ0n) is 18.5. The van der Waals surface area contributed by atoms with Gasteiger partial charge in [0.25, 0.3) is 5.91 Å². The molecular formula is C24H22ClFN6O2. The van der Waals surface area contributed by atoms with Crippen LogP contribution in [0.5, 0.6) is 0 Å². The van der Waals surface area contributed by atoms with Gasteiger partial charge in [-0.25, -0.2) is 14.0 Å². The smallest absolute Gasteiger partial charge is 0.322 e. The average Bonchev–Trinajstić information content (AvgIpc) is 3.20. The molecule has 1 atom stereocenters.